The molecule has 0 spiro atoms. The second-order valence-corrected chi connectivity index (χ2v) is 10.0. The number of alkyl halides is 3. The zero-order valence-corrected chi connectivity index (χ0v) is 21.4. The monoisotopic (exact) mass is 522 g/mol. The molecule has 2 heterocycles. The van der Waals surface area contributed by atoms with E-state index >= 15 is 0 Å². The molecule has 0 atom stereocenters. The van der Waals surface area contributed by atoms with Gasteiger partial charge in [0, 0.05) is 40.5 Å². The molecule has 0 saturated heterocycles. The minimum Gasteiger partial charge on any atom is -0.496 e. The third-order valence-electron chi connectivity index (χ3n) is 6.93. The Morgan fingerprint density at radius 1 is 1.13 bits per heavy atom. The second-order valence-electron chi connectivity index (χ2n) is 10.0. The lowest BCUT2D eigenvalue weighted by Crippen LogP contribution is -2.34. The van der Waals surface area contributed by atoms with Crippen molar-refractivity contribution in [1.29, 1.82) is 0 Å². The molecule has 1 amide bonds. The fraction of sp³-hybridized carbons (Fsp3) is 0.310. The number of amides is 1. The normalized spacial score (nSPS) is 14.4. The molecule has 1 aliphatic rings. The van der Waals surface area contributed by atoms with Crippen molar-refractivity contribution >= 4 is 17.2 Å². The van der Waals surface area contributed by atoms with Crippen LogP contribution in [-0.2, 0) is 0 Å². The standard InChI is InChI=1S/C29H29F3N4O2/c1-18-14-19(8-9-21(18)27(37)35-28(2)10-11-28)24-16-34-26-23(33-13-12-29(30,31)32)15-20(17-36(24)26)22-6-4-5-7-25(22)38-3/h4-9,14-17,33H,10-13H2,1-3H3,(H,35,37). The third-order valence-corrected chi connectivity index (χ3v) is 6.93. The van der Waals surface area contributed by atoms with Gasteiger partial charge in [0.05, 0.1) is 31.1 Å². The molecule has 2 N–H and O–H groups in total. The van der Waals surface area contributed by atoms with Crippen molar-refractivity contribution in [1.82, 2.24) is 14.7 Å². The zero-order valence-electron chi connectivity index (χ0n) is 21.4. The average Bonchev–Trinajstić information content (AvgIpc) is 3.43. The Morgan fingerprint density at radius 3 is 2.58 bits per heavy atom. The number of para-hydroxylation sites is 1. The molecule has 0 unspecified atom stereocenters. The van der Waals surface area contributed by atoms with Crippen molar-refractivity contribution in [2.24, 2.45) is 0 Å². The Kier molecular flexibility index (Phi) is 6.54. The van der Waals surface area contributed by atoms with Crippen LogP contribution in [0.2, 0.25) is 0 Å². The number of carbonyl (C=O) groups excluding carboxylic acids is 1. The molecule has 4 aromatic rings. The number of benzene rings is 2. The number of imidazole rings is 1. The number of pyridine rings is 1. The van der Waals surface area contributed by atoms with Crippen LogP contribution < -0.4 is 15.4 Å². The van der Waals surface area contributed by atoms with Gasteiger partial charge < -0.3 is 15.4 Å². The van der Waals surface area contributed by atoms with E-state index in [0.717, 1.165) is 40.8 Å². The number of anilines is 1. The summed E-state index contributed by atoms with van der Waals surface area (Å²) in [5.41, 5.74) is 5.44. The van der Waals surface area contributed by atoms with Crippen LogP contribution in [0, 0.1) is 6.92 Å². The van der Waals surface area contributed by atoms with Gasteiger partial charge in [0.2, 0.25) is 0 Å². The predicted molar refractivity (Wildman–Crippen MR) is 142 cm³/mol. The van der Waals surface area contributed by atoms with E-state index in [-0.39, 0.29) is 18.0 Å². The molecule has 6 nitrogen and oxygen atoms in total. The number of aromatic nitrogens is 2. The maximum absolute atomic E-state index is 12.9. The lowest BCUT2D eigenvalue weighted by Gasteiger charge is -2.15. The molecule has 5 rings (SSSR count). The Labute approximate surface area is 218 Å². The minimum atomic E-state index is -4.27. The number of halogens is 3. The van der Waals surface area contributed by atoms with Gasteiger partial charge in [0.15, 0.2) is 5.65 Å². The summed E-state index contributed by atoms with van der Waals surface area (Å²) in [5.74, 6) is 0.548. The van der Waals surface area contributed by atoms with E-state index in [1.165, 1.54) is 0 Å². The van der Waals surface area contributed by atoms with Gasteiger partial charge in [-0.25, -0.2) is 4.98 Å². The molecule has 2 aromatic heterocycles. The molecule has 9 heteroatoms. The lowest BCUT2D eigenvalue weighted by molar-refractivity contribution is -0.131. The highest BCUT2D eigenvalue weighted by atomic mass is 19.4. The van der Waals surface area contributed by atoms with Gasteiger partial charge in [-0.2, -0.15) is 13.2 Å². The Balaban J connectivity index is 1.56. The first-order valence-corrected chi connectivity index (χ1v) is 12.5. The van der Waals surface area contributed by atoms with Crippen molar-refractivity contribution in [3.05, 3.63) is 72.1 Å². The third kappa shape index (κ3) is 5.32. The van der Waals surface area contributed by atoms with Gasteiger partial charge in [-0.05, 0) is 56.5 Å². The van der Waals surface area contributed by atoms with Gasteiger partial charge in [-0.1, -0.05) is 24.3 Å². The molecule has 38 heavy (non-hydrogen) atoms. The first-order valence-electron chi connectivity index (χ1n) is 12.5. The molecule has 0 radical (unpaired) electrons. The molecule has 198 valence electrons. The number of methoxy groups -OCH3 is 1. The van der Waals surface area contributed by atoms with Crippen LogP contribution in [0.25, 0.3) is 28.0 Å². The van der Waals surface area contributed by atoms with Gasteiger partial charge in [-0.3, -0.25) is 9.20 Å². The van der Waals surface area contributed by atoms with E-state index in [0.29, 0.717) is 22.6 Å². The summed E-state index contributed by atoms with van der Waals surface area (Å²) < 4.78 is 46.0. The highest BCUT2D eigenvalue weighted by molar-refractivity contribution is 5.97. The summed E-state index contributed by atoms with van der Waals surface area (Å²) in [5, 5.41) is 6.01. The Hall–Kier alpha value is -4.01. The predicted octanol–water partition coefficient (Wildman–Crippen LogP) is 6.63. The number of aryl methyl sites for hydroxylation is 1. The topological polar surface area (TPSA) is 67.7 Å². The summed E-state index contributed by atoms with van der Waals surface area (Å²) in [6, 6.07) is 14.9. The van der Waals surface area contributed by atoms with Gasteiger partial charge >= 0.3 is 6.18 Å². The SMILES string of the molecule is COc1ccccc1-c1cc(NCCC(F)(F)F)c2ncc(-c3ccc(C(=O)NC4(C)CC4)c(C)c3)n2c1. The van der Waals surface area contributed by atoms with Crippen LogP contribution in [0.5, 0.6) is 5.75 Å². The van der Waals surface area contributed by atoms with Crippen LogP contribution in [0.4, 0.5) is 18.9 Å². The summed E-state index contributed by atoms with van der Waals surface area (Å²) in [4.78, 5) is 17.3. The first-order chi connectivity index (χ1) is 18.1. The molecule has 0 bridgehead atoms. The number of ether oxygens (including phenoxy) is 1. The molecule has 1 fully saturated rings. The number of nitrogens with zero attached hydrogens (tertiary/aromatic N) is 2. The number of carbonyl (C=O) groups is 1. The van der Waals surface area contributed by atoms with Crippen molar-refractivity contribution in [3.8, 4) is 28.1 Å². The lowest BCUT2D eigenvalue weighted by atomic mass is 10.0. The number of nitrogens with one attached hydrogen (secondary N) is 2. The Bertz CT molecular complexity index is 1510. The zero-order chi connectivity index (χ0) is 27.1. The van der Waals surface area contributed by atoms with Crippen LogP contribution in [0.3, 0.4) is 0 Å². The van der Waals surface area contributed by atoms with E-state index in [1.54, 1.807) is 25.4 Å². The van der Waals surface area contributed by atoms with Gasteiger partial charge in [0.1, 0.15) is 5.75 Å². The van der Waals surface area contributed by atoms with Crippen LogP contribution in [0.1, 0.15) is 42.1 Å². The largest absolute Gasteiger partial charge is 0.496 e. The number of hydrogen-bond acceptors (Lipinski definition) is 4. The maximum Gasteiger partial charge on any atom is 0.390 e. The number of fused-ring (bicyclic) bond motifs is 1. The van der Waals surface area contributed by atoms with E-state index in [4.69, 9.17) is 4.74 Å². The van der Waals surface area contributed by atoms with E-state index < -0.39 is 12.6 Å². The summed E-state index contributed by atoms with van der Waals surface area (Å²) in [6.45, 7) is 3.65. The first kappa shape index (κ1) is 25.6. The Morgan fingerprint density at radius 2 is 1.89 bits per heavy atom. The van der Waals surface area contributed by atoms with Crippen LogP contribution in [0.15, 0.2) is 60.9 Å². The van der Waals surface area contributed by atoms with E-state index in [1.807, 2.05) is 60.8 Å². The molecule has 2 aromatic carbocycles. The summed E-state index contributed by atoms with van der Waals surface area (Å²) >= 11 is 0. The molecular formula is C29H29F3N4O2. The maximum atomic E-state index is 12.9. The summed E-state index contributed by atoms with van der Waals surface area (Å²) in [6.07, 6.45) is 0.307. The highest BCUT2D eigenvalue weighted by Crippen LogP contribution is 2.36. The van der Waals surface area contributed by atoms with E-state index in [9.17, 15) is 18.0 Å². The molecule has 1 aliphatic carbocycles. The van der Waals surface area contributed by atoms with Gasteiger partial charge in [0.25, 0.3) is 5.91 Å². The smallest absolute Gasteiger partial charge is 0.390 e. The van der Waals surface area contributed by atoms with Crippen molar-refractivity contribution in [2.45, 2.75) is 44.8 Å². The highest BCUT2D eigenvalue weighted by Gasteiger charge is 2.39. The van der Waals surface area contributed by atoms with Gasteiger partial charge in [-0.15, -0.1) is 0 Å². The minimum absolute atomic E-state index is 0.0956. The number of hydrogen-bond donors (Lipinski definition) is 2. The van der Waals surface area contributed by atoms with Crippen LogP contribution >= 0.6 is 0 Å². The van der Waals surface area contributed by atoms with Crippen molar-refractivity contribution < 1.29 is 22.7 Å². The quantitative estimate of drug-likeness (QED) is 0.273. The average molecular weight is 523 g/mol. The molecule has 0 aliphatic heterocycles. The summed E-state index contributed by atoms with van der Waals surface area (Å²) in [7, 11) is 1.58. The molecular weight excluding hydrogens is 493 g/mol. The fourth-order valence-electron chi connectivity index (χ4n) is 4.53. The fourth-order valence-corrected chi connectivity index (χ4v) is 4.53. The van der Waals surface area contributed by atoms with Crippen molar-refractivity contribution in [2.75, 3.05) is 19.0 Å². The molecule has 1 saturated carbocycles. The van der Waals surface area contributed by atoms with Crippen molar-refractivity contribution in [3.63, 3.8) is 0 Å². The van der Waals surface area contributed by atoms with Crippen LogP contribution in [-0.4, -0.2) is 40.7 Å². The number of rotatable bonds is 8. The second kappa shape index (κ2) is 9.70. The van der Waals surface area contributed by atoms with E-state index in [2.05, 4.69) is 15.6 Å².